The van der Waals surface area contributed by atoms with Crippen LogP contribution in [0.5, 0.6) is 0 Å². The van der Waals surface area contributed by atoms with Gasteiger partial charge in [-0.2, -0.15) is 0 Å². The summed E-state index contributed by atoms with van der Waals surface area (Å²) < 4.78 is 13.3. The summed E-state index contributed by atoms with van der Waals surface area (Å²) in [5, 5.41) is 2.15. The van der Waals surface area contributed by atoms with Crippen LogP contribution in [0.15, 0.2) is 35.1 Å². The highest BCUT2D eigenvalue weighted by Crippen LogP contribution is 2.44. The number of carbonyl (C=O) groups is 2. The maximum absolute atomic E-state index is 12.6. The average molecular weight is 383 g/mol. The molecular weight excluding hydrogens is 362 g/mol. The van der Waals surface area contributed by atoms with E-state index in [0.29, 0.717) is 11.3 Å². The molecule has 2 aliphatic heterocycles. The van der Waals surface area contributed by atoms with Crippen molar-refractivity contribution in [3.63, 3.8) is 0 Å². The van der Waals surface area contributed by atoms with Gasteiger partial charge in [-0.15, -0.1) is 0 Å². The molecule has 2 aromatic rings. The molecule has 2 amide bonds. The highest BCUT2D eigenvalue weighted by molar-refractivity contribution is 6.23. The summed E-state index contributed by atoms with van der Waals surface area (Å²) in [4.78, 5) is 36.5. The van der Waals surface area contributed by atoms with Crippen molar-refractivity contribution in [3.05, 3.63) is 57.4 Å². The van der Waals surface area contributed by atoms with Gasteiger partial charge in [0.05, 0.1) is 28.0 Å². The van der Waals surface area contributed by atoms with Crippen LogP contribution in [0, 0.1) is 0 Å². The fourth-order valence-corrected chi connectivity index (χ4v) is 3.34. The summed E-state index contributed by atoms with van der Waals surface area (Å²) in [5.41, 5.74) is 5.74. The van der Waals surface area contributed by atoms with Crippen LogP contribution >= 0.6 is 0 Å². The van der Waals surface area contributed by atoms with Crippen LogP contribution < -0.4 is 16.6 Å². The zero-order chi connectivity index (χ0) is 20.4. The van der Waals surface area contributed by atoms with Crippen molar-refractivity contribution in [3.8, 4) is 5.69 Å². The Kier molecular flexibility index (Phi) is 3.79. The van der Waals surface area contributed by atoms with Gasteiger partial charge in [0.25, 0.3) is 17.4 Å². The molecule has 1 aromatic carbocycles. The molecule has 4 rings (SSSR count). The Morgan fingerprint density at radius 3 is 2.29 bits per heavy atom. The number of benzene rings is 1. The summed E-state index contributed by atoms with van der Waals surface area (Å²) in [5.74, 6) is -1.33. The van der Waals surface area contributed by atoms with E-state index >= 15 is 0 Å². The normalized spacial score (nSPS) is 20.3. The molecule has 28 heavy (non-hydrogen) atoms. The predicted molar refractivity (Wildman–Crippen MR) is 101 cm³/mol. The van der Waals surface area contributed by atoms with Gasteiger partial charge in [-0.3, -0.25) is 24.3 Å². The van der Waals surface area contributed by atoms with Crippen molar-refractivity contribution in [2.75, 3.05) is 5.73 Å². The summed E-state index contributed by atoms with van der Waals surface area (Å²) in [6.45, 7) is 7.82. The molecule has 3 heterocycles. The highest BCUT2D eigenvalue weighted by atomic mass is 16.7. The van der Waals surface area contributed by atoms with Gasteiger partial charge in [-0.05, 0) is 39.8 Å². The van der Waals surface area contributed by atoms with Crippen LogP contribution in [0.4, 0.5) is 5.82 Å². The highest BCUT2D eigenvalue weighted by Gasteiger charge is 2.49. The lowest BCUT2D eigenvalue weighted by Crippen LogP contribution is -2.41. The first-order valence-electron chi connectivity index (χ1n) is 8.89. The molecule has 8 nitrogen and oxygen atoms in total. The van der Waals surface area contributed by atoms with Gasteiger partial charge in [0.15, 0.2) is 6.29 Å². The van der Waals surface area contributed by atoms with E-state index in [4.69, 9.17) is 15.2 Å². The van der Waals surface area contributed by atoms with Gasteiger partial charge in [-0.25, -0.2) is 0 Å². The number of hydrogen-bond acceptors (Lipinski definition) is 6. The molecule has 1 saturated heterocycles. The molecule has 0 bridgehead atoms. The molecule has 1 fully saturated rings. The van der Waals surface area contributed by atoms with E-state index in [1.165, 1.54) is 4.57 Å². The zero-order valence-corrected chi connectivity index (χ0v) is 16.0. The molecule has 0 saturated carbocycles. The van der Waals surface area contributed by atoms with Crippen LogP contribution in [0.1, 0.15) is 60.3 Å². The number of fused-ring (bicyclic) bond motifs is 1. The monoisotopic (exact) mass is 383 g/mol. The number of pyridine rings is 1. The second-order valence-corrected chi connectivity index (χ2v) is 7.96. The van der Waals surface area contributed by atoms with Crippen molar-refractivity contribution in [1.29, 1.82) is 0 Å². The minimum absolute atomic E-state index is 0.00522. The van der Waals surface area contributed by atoms with Gasteiger partial charge < -0.3 is 15.2 Å². The summed E-state index contributed by atoms with van der Waals surface area (Å²) in [7, 11) is 0. The van der Waals surface area contributed by atoms with E-state index in [9.17, 15) is 14.4 Å². The molecule has 0 atom stereocenters. The molecule has 0 aliphatic carbocycles. The Balaban J connectivity index is 1.80. The Labute approximate surface area is 161 Å². The lowest BCUT2D eigenvalue weighted by atomic mass is 9.90. The average Bonchev–Trinajstić information content (AvgIpc) is 2.99. The van der Waals surface area contributed by atoms with Crippen molar-refractivity contribution >= 4 is 17.6 Å². The van der Waals surface area contributed by atoms with E-state index in [1.54, 1.807) is 18.2 Å². The smallest absolute Gasteiger partial charge is 0.262 e. The van der Waals surface area contributed by atoms with Crippen LogP contribution in [0.2, 0.25) is 0 Å². The number of ether oxygens (including phenoxy) is 2. The summed E-state index contributed by atoms with van der Waals surface area (Å²) >= 11 is 0. The van der Waals surface area contributed by atoms with Crippen LogP contribution in [0.3, 0.4) is 0 Å². The van der Waals surface area contributed by atoms with E-state index < -0.39 is 34.9 Å². The molecule has 3 N–H and O–H groups in total. The number of nitrogen functional groups attached to an aromatic ring is 1. The first-order valence-corrected chi connectivity index (χ1v) is 8.89. The molecule has 2 aliphatic rings. The van der Waals surface area contributed by atoms with Crippen molar-refractivity contribution < 1.29 is 19.1 Å². The molecule has 0 spiro atoms. The first-order chi connectivity index (χ1) is 13.0. The molecule has 8 heteroatoms. The first kappa shape index (κ1) is 18.4. The molecule has 0 unspecified atom stereocenters. The number of rotatable bonds is 2. The number of nitrogens with one attached hydrogen (secondary N) is 1. The fourth-order valence-electron chi connectivity index (χ4n) is 3.34. The lowest BCUT2D eigenvalue weighted by Gasteiger charge is -2.30. The number of hydrogen-bond donors (Lipinski definition) is 2. The Morgan fingerprint density at radius 2 is 1.64 bits per heavy atom. The molecule has 146 valence electrons. The second-order valence-electron chi connectivity index (χ2n) is 7.96. The summed E-state index contributed by atoms with van der Waals surface area (Å²) in [6, 6.07) is 8.11. The third-order valence-corrected chi connectivity index (χ3v) is 5.61. The number of imide groups is 1. The molecule has 0 radical (unpaired) electrons. The van der Waals surface area contributed by atoms with E-state index in [1.807, 2.05) is 33.8 Å². The van der Waals surface area contributed by atoms with E-state index in [-0.39, 0.29) is 16.9 Å². The number of amides is 2. The zero-order valence-electron chi connectivity index (χ0n) is 16.0. The Hall–Kier alpha value is -2.97. The Morgan fingerprint density at radius 1 is 1.00 bits per heavy atom. The minimum atomic E-state index is -0.623. The number of carbonyl (C=O) groups excluding carboxylic acids is 2. The van der Waals surface area contributed by atoms with Crippen molar-refractivity contribution in [2.24, 2.45) is 0 Å². The van der Waals surface area contributed by atoms with Crippen molar-refractivity contribution in [2.45, 2.75) is 45.2 Å². The van der Waals surface area contributed by atoms with Gasteiger partial charge in [-0.1, -0.05) is 12.1 Å². The van der Waals surface area contributed by atoms with E-state index in [2.05, 4.69) is 5.32 Å². The Bertz CT molecular complexity index is 1070. The van der Waals surface area contributed by atoms with Gasteiger partial charge in [0, 0.05) is 11.6 Å². The second kappa shape index (κ2) is 5.76. The van der Waals surface area contributed by atoms with Crippen LogP contribution in [-0.4, -0.2) is 27.6 Å². The number of anilines is 1. The largest absolute Gasteiger partial charge is 0.384 e. The van der Waals surface area contributed by atoms with Gasteiger partial charge >= 0.3 is 0 Å². The summed E-state index contributed by atoms with van der Waals surface area (Å²) in [6.07, 6.45) is -0.610. The number of aromatic nitrogens is 1. The SMILES string of the molecule is CC1(C)OC(c2cccc(-n3c(N)c4c(cc3=O)C(=O)NC4=O)c2)OC1(C)C. The van der Waals surface area contributed by atoms with Crippen LogP contribution in [0.25, 0.3) is 5.69 Å². The third kappa shape index (κ3) is 2.56. The standard InChI is InChI=1S/C20H21N3O5/c1-19(2)20(3,4)28-18(27-19)10-6-5-7-11(8-10)23-13(24)9-12-14(15(23)21)17(26)22-16(12)25/h5-9,18H,21H2,1-4H3,(H,22,25,26). The van der Waals surface area contributed by atoms with E-state index in [0.717, 1.165) is 6.07 Å². The quantitative estimate of drug-likeness (QED) is 0.766. The molecular formula is C20H21N3O5. The maximum atomic E-state index is 12.6. The maximum Gasteiger partial charge on any atom is 0.262 e. The third-order valence-electron chi connectivity index (χ3n) is 5.61. The predicted octanol–water partition coefficient (Wildman–Crippen LogP) is 1.91. The van der Waals surface area contributed by atoms with Gasteiger partial charge in [0.2, 0.25) is 0 Å². The number of nitrogens with two attached hydrogens (primary N) is 1. The lowest BCUT2D eigenvalue weighted by molar-refractivity contribution is -0.0895. The number of nitrogens with zero attached hydrogens (tertiary/aromatic N) is 1. The minimum Gasteiger partial charge on any atom is -0.384 e. The molecule has 1 aromatic heterocycles. The topological polar surface area (TPSA) is 113 Å². The van der Waals surface area contributed by atoms with Gasteiger partial charge in [0.1, 0.15) is 5.82 Å². The van der Waals surface area contributed by atoms with Crippen LogP contribution in [-0.2, 0) is 9.47 Å². The van der Waals surface area contributed by atoms with Crippen molar-refractivity contribution in [1.82, 2.24) is 9.88 Å². The fraction of sp³-hybridized carbons (Fsp3) is 0.350.